The van der Waals surface area contributed by atoms with E-state index in [0.717, 1.165) is 23.2 Å². The number of fused-ring (bicyclic) bond motifs is 4. The molecule has 0 aliphatic carbocycles. The zero-order chi connectivity index (χ0) is 14.4. The maximum atomic E-state index is 6.63. The first-order valence-corrected chi connectivity index (χ1v) is 8.94. The molecule has 1 aromatic rings. The van der Waals surface area contributed by atoms with Crippen molar-refractivity contribution in [3.05, 3.63) is 28.2 Å². The molecule has 3 aliphatic rings. The molecule has 2 fully saturated rings. The van der Waals surface area contributed by atoms with E-state index in [9.17, 15) is 0 Å². The maximum absolute atomic E-state index is 6.63. The van der Waals surface area contributed by atoms with Crippen molar-refractivity contribution in [2.75, 3.05) is 26.2 Å². The van der Waals surface area contributed by atoms with Gasteiger partial charge < -0.3 is 15.0 Å². The van der Waals surface area contributed by atoms with Crippen LogP contribution < -0.4 is 10.1 Å². The van der Waals surface area contributed by atoms with E-state index in [1.165, 1.54) is 38.0 Å². The van der Waals surface area contributed by atoms with E-state index in [-0.39, 0.29) is 5.60 Å². The summed E-state index contributed by atoms with van der Waals surface area (Å²) in [5.74, 6) is 1.79. The van der Waals surface area contributed by atoms with Gasteiger partial charge in [-0.05, 0) is 37.7 Å². The highest BCUT2D eigenvalue weighted by Gasteiger charge is 2.51. The van der Waals surface area contributed by atoms with Crippen LogP contribution in [0.5, 0.6) is 5.75 Å². The molecule has 1 spiro atoms. The lowest BCUT2D eigenvalue weighted by molar-refractivity contribution is -0.0473. The number of ether oxygens (including phenoxy) is 1. The third-order valence-electron chi connectivity index (χ3n) is 5.53. The highest BCUT2D eigenvalue weighted by Crippen LogP contribution is 2.49. The van der Waals surface area contributed by atoms with Crippen LogP contribution in [0.4, 0.5) is 0 Å². The first-order valence-electron chi connectivity index (χ1n) is 8.14. The summed E-state index contributed by atoms with van der Waals surface area (Å²) in [5, 5.41) is 3.68. The Morgan fingerprint density at radius 2 is 2.33 bits per heavy atom. The minimum absolute atomic E-state index is 0.0562. The molecule has 0 saturated carbocycles. The van der Waals surface area contributed by atoms with Crippen LogP contribution in [0, 0.1) is 5.92 Å². The van der Waals surface area contributed by atoms with E-state index in [4.69, 9.17) is 4.74 Å². The molecule has 4 heteroatoms. The highest BCUT2D eigenvalue weighted by molar-refractivity contribution is 9.10. The summed E-state index contributed by atoms with van der Waals surface area (Å²) in [5.41, 5.74) is 1.37. The van der Waals surface area contributed by atoms with Crippen molar-refractivity contribution in [3.63, 3.8) is 0 Å². The lowest BCUT2D eigenvalue weighted by atomic mass is 9.74. The van der Waals surface area contributed by atoms with E-state index < -0.39 is 0 Å². The van der Waals surface area contributed by atoms with Gasteiger partial charge in [-0.2, -0.15) is 0 Å². The molecular weight excluding hydrogens is 328 g/mol. The van der Waals surface area contributed by atoms with E-state index in [1.54, 1.807) is 0 Å². The average molecular weight is 351 g/mol. The number of nitrogens with one attached hydrogen (secondary N) is 1. The molecule has 4 unspecified atom stereocenters. The number of hydrogen-bond acceptors (Lipinski definition) is 3. The van der Waals surface area contributed by atoms with Crippen LogP contribution in [0.25, 0.3) is 0 Å². The standard InChI is InChI=1S/C17H23BrN2O/c1-2-19-15-10-17(6-8-20-7-5-12(17)11-20)21-16-4-3-13(18)9-14(15)16/h3-4,9,12,15,19H,2,5-8,10-11H2,1H3. The zero-order valence-electron chi connectivity index (χ0n) is 12.6. The lowest BCUT2D eigenvalue weighted by Gasteiger charge is -2.48. The monoisotopic (exact) mass is 350 g/mol. The SMILES string of the molecule is CCNC1CC2(CCN3CCC2C3)Oc2ccc(Br)cc21. The van der Waals surface area contributed by atoms with Crippen molar-refractivity contribution in [2.45, 2.75) is 37.8 Å². The van der Waals surface area contributed by atoms with E-state index in [0.29, 0.717) is 12.0 Å². The Morgan fingerprint density at radius 1 is 1.43 bits per heavy atom. The van der Waals surface area contributed by atoms with Gasteiger partial charge in [-0.15, -0.1) is 0 Å². The first kappa shape index (κ1) is 14.0. The van der Waals surface area contributed by atoms with Crippen molar-refractivity contribution >= 4 is 15.9 Å². The molecule has 3 heterocycles. The predicted octanol–water partition coefficient (Wildman–Crippen LogP) is 3.35. The Hall–Kier alpha value is -0.580. The molecule has 3 aliphatic heterocycles. The van der Waals surface area contributed by atoms with Crippen LogP contribution in [-0.2, 0) is 0 Å². The summed E-state index contributed by atoms with van der Waals surface area (Å²) < 4.78 is 7.77. The first-order chi connectivity index (χ1) is 10.2. The molecule has 0 aromatic heterocycles. The molecule has 4 atom stereocenters. The topological polar surface area (TPSA) is 24.5 Å². The molecular formula is C17H23BrN2O. The molecule has 2 bridgehead atoms. The maximum Gasteiger partial charge on any atom is 0.125 e. The quantitative estimate of drug-likeness (QED) is 0.885. The molecule has 4 rings (SSSR count). The molecule has 0 radical (unpaired) electrons. The Kier molecular flexibility index (Phi) is 3.51. The smallest absolute Gasteiger partial charge is 0.125 e. The Bertz CT molecular complexity index is 550. The molecule has 1 aromatic carbocycles. The van der Waals surface area contributed by atoms with Gasteiger partial charge in [-0.3, -0.25) is 0 Å². The molecule has 0 amide bonds. The van der Waals surface area contributed by atoms with Crippen LogP contribution in [0.1, 0.15) is 37.8 Å². The summed E-state index contributed by atoms with van der Waals surface area (Å²) in [6, 6.07) is 6.89. The Morgan fingerprint density at radius 3 is 3.19 bits per heavy atom. The molecule has 3 nitrogen and oxygen atoms in total. The largest absolute Gasteiger partial charge is 0.486 e. The molecule has 114 valence electrons. The van der Waals surface area contributed by atoms with Gasteiger partial charge in [0.2, 0.25) is 0 Å². The third kappa shape index (κ3) is 2.32. The highest BCUT2D eigenvalue weighted by atomic mass is 79.9. The van der Waals surface area contributed by atoms with Gasteiger partial charge in [-0.1, -0.05) is 22.9 Å². The summed E-state index contributed by atoms with van der Waals surface area (Å²) in [4.78, 5) is 2.60. The second kappa shape index (κ2) is 5.25. The summed E-state index contributed by atoms with van der Waals surface area (Å²) in [7, 11) is 0. The lowest BCUT2D eigenvalue weighted by Crippen LogP contribution is -2.54. The van der Waals surface area contributed by atoms with Crippen molar-refractivity contribution < 1.29 is 4.74 Å². The van der Waals surface area contributed by atoms with E-state index in [1.807, 2.05) is 0 Å². The van der Waals surface area contributed by atoms with Crippen LogP contribution in [-0.4, -0.2) is 36.7 Å². The van der Waals surface area contributed by atoms with Crippen molar-refractivity contribution in [1.29, 1.82) is 0 Å². The molecule has 2 saturated heterocycles. The van der Waals surface area contributed by atoms with Crippen molar-refractivity contribution in [3.8, 4) is 5.75 Å². The van der Waals surface area contributed by atoms with E-state index in [2.05, 4.69) is 51.3 Å². The third-order valence-corrected chi connectivity index (χ3v) is 6.02. The average Bonchev–Trinajstić information content (AvgIpc) is 2.90. The summed E-state index contributed by atoms with van der Waals surface area (Å²) >= 11 is 3.60. The second-order valence-corrected chi connectivity index (χ2v) is 7.62. The van der Waals surface area contributed by atoms with E-state index >= 15 is 0 Å². The van der Waals surface area contributed by atoms with Crippen molar-refractivity contribution in [1.82, 2.24) is 10.2 Å². The van der Waals surface area contributed by atoms with Gasteiger partial charge in [0.25, 0.3) is 0 Å². The van der Waals surface area contributed by atoms with Crippen LogP contribution in [0.3, 0.4) is 0 Å². The number of nitrogens with zero attached hydrogens (tertiary/aromatic N) is 1. The number of hydrogen-bond donors (Lipinski definition) is 1. The van der Waals surface area contributed by atoms with Crippen LogP contribution >= 0.6 is 15.9 Å². The van der Waals surface area contributed by atoms with Crippen LogP contribution in [0.15, 0.2) is 22.7 Å². The fraction of sp³-hybridized carbons (Fsp3) is 0.647. The van der Waals surface area contributed by atoms with Gasteiger partial charge in [0.1, 0.15) is 11.4 Å². The summed E-state index contributed by atoms with van der Waals surface area (Å²) in [6.07, 6.45) is 3.59. The van der Waals surface area contributed by atoms with Gasteiger partial charge in [0.15, 0.2) is 0 Å². The van der Waals surface area contributed by atoms with Gasteiger partial charge >= 0.3 is 0 Å². The second-order valence-electron chi connectivity index (χ2n) is 6.70. The number of halogens is 1. The predicted molar refractivity (Wildman–Crippen MR) is 87.7 cm³/mol. The number of benzene rings is 1. The molecule has 21 heavy (non-hydrogen) atoms. The van der Waals surface area contributed by atoms with Gasteiger partial charge in [0.05, 0.1) is 0 Å². The fourth-order valence-electron chi connectivity index (χ4n) is 4.45. The minimum Gasteiger partial charge on any atom is -0.486 e. The zero-order valence-corrected chi connectivity index (χ0v) is 14.2. The van der Waals surface area contributed by atoms with Gasteiger partial charge in [-0.25, -0.2) is 0 Å². The van der Waals surface area contributed by atoms with Crippen molar-refractivity contribution in [2.24, 2.45) is 5.92 Å². The molecule has 1 N–H and O–H groups in total. The minimum atomic E-state index is 0.0562. The summed E-state index contributed by atoms with van der Waals surface area (Å²) in [6.45, 7) is 6.88. The normalized spacial score (nSPS) is 37.3. The van der Waals surface area contributed by atoms with Crippen LogP contribution in [0.2, 0.25) is 0 Å². The van der Waals surface area contributed by atoms with Gasteiger partial charge in [0, 0.05) is 47.9 Å². The number of rotatable bonds is 2. The number of piperidine rings is 1. The Labute approximate surface area is 135 Å². The fourth-order valence-corrected chi connectivity index (χ4v) is 4.83. The Balaban J connectivity index is 1.71.